The van der Waals surface area contributed by atoms with Crippen molar-refractivity contribution in [3.05, 3.63) is 74.3 Å². The van der Waals surface area contributed by atoms with E-state index in [2.05, 4.69) is 0 Å². The molecule has 2 heterocycles. The number of nitrogens with one attached hydrogen (secondary N) is 1. The number of methoxy groups -OCH3 is 1. The van der Waals surface area contributed by atoms with Crippen molar-refractivity contribution in [2.45, 2.75) is 12.8 Å². The van der Waals surface area contributed by atoms with Crippen molar-refractivity contribution in [2.24, 2.45) is 5.73 Å². The van der Waals surface area contributed by atoms with E-state index in [1.54, 1.807) is 6.92 Å². The Hall–Kier alpha value is -3.14. The molecule has 0 saturated heterocycles. The molecular weight excluding hydrogens is 344 g/mol. The van der Waals surface area contributed by atoms with Crippen LogP contribution < -0.4 is 21.3 Å². The number of hydrogen-bond donors (Lipinski definition) is 3. The predicted molar refractivity (Wildman–Crippen MR) is 87.6 cm³/mol. The Balaban J connectivity index is 2.24. The minimum atomic E-state index is -1.10. The van der Waals surface area contributed by atoms with Crippen LogP contribution in [0.2, 0.25) is 0 Å². The molecule has 0 fully saturated rings. The van der Waals surface area contributed by atoms with Crippen molar-refractivity contribution in [1.29, 1.82) is 0 Å². The molecule has 0 bridgehead atoms. The number of ether oxygens (including phenoxy) is 2. The number of fused-ring (bicyclic) bond motifs is 1. The van der Waals surface area contributed by atoms with E-state index in [0.717, 1.165) is 0 Å². The number of rotatable bonds is 3. The first-order chi connectivity index (χ1) is 12.3. The third kappa shape index (κ3) is 2.94. The Morgan fingerprint density at radius 2 is 2.00 bits per heavy atom. The van der Waals surface area contributed by atoms with Crippen LogP contribution in [0.3, 0.4) is 0 Å². The molecule has 2 atom stereocenters. The van der Waals surface area contributed by atoms with Gasteiger partial charge in [0.25, 0.3) is 0 Å². The maximum absolute atomic E-state index is 12.5. The van der Waals surface area contributed by atoms with Crippen LogP contribution in [0, 0.1) is 12.1 Å². The molecule has 3 rings (SSSR count). The first-order valence-corrected chi connectivity index (χ1v) is 7.57. The lowest BCUT2D eigenvalue weighted by atomic mass is 9.83. The van der Waals surface area contributed by atoms with Crippen molar-refractivity contribution in [3.63, 3.8) is 0 Å². The second-order valence-electron chi connectivity index (χ2n) is 5.65. The van der Waals surface area contributed by atoms with Crippen LogP contribution in [-0.2, 0) is 9.53 Å². The zero-order valence-electron chi connectivity index (χ0n) is 13.9. The molecule has 0 radical (unpaired) electrons. The zero-order valence-corrected chi connectivity index (χ0v) is 13.9. The molecule has 1 aliphatic heterocycles. The van der Waals surface area contributed by atoms with Crippen LogP contribution in [0.5, 0.6) is 5.75 Å². The van der Waals surface area contributed by atoms with Crippen LogP contribution in [0.1, 0.15) is 22.8 Å². The molecule has 9 nitrogen and oxygen atoms in total. The quantitative estimate of drug-likeness (QED) is 0.522. The lowest BCUT2D eigenvalue weighted by Gasteiger charge is -2.27. The Kier molecular flexibility index (Phi) is 4.51. The van der Waals surface area contributed by atoms with Crippen molar-refractivity contribution in [2.75, 3.05) is 7.11 Å². The fourth-order valence-electron chi connectivity index (χ4n) is 2.88. The minimum Gasteiger partial charge on any atom is -0.595 e. The number of carbonyl (C=O) groups is 1. The molecule has 26 heavy (non-hydrogen) atoms. The van der Waals surface area contributed by atoms with Gasteiger partial charge in [0.1, 0.15) is 17.1 Å². The number of aryl methyl sites for hydroxylation is 1. The number of benzene rings is 1. The van der Waals surface area contributed by atoms with Gasteiger partial charge in [-0.2, -0.15) is 5.23 Å². The summed E-state index contributed by atoms with van der Waals surface area (Å²) in [5.74, 6) is -1.37. The van der Waals surface area contributed by atoms with Crippen molar-refractivity contribution >= 4 is 11.7 Å². The van der Waals surface area contributed by atoms with Gasteiger partial charge in [-0.25, -0.2) is 14.8 Å². The molecule has 136 valence electrons. The zero-order chi connectivity index (χ0) is 19.0. The minimum absolute atomic E-state index is 0.0563. The van der Waals surface area contributed by atoms with Gasteiger partial charge in [0.05, 0.1) is 18.6 Å². The van der Waals surface area contributed by atoms with Gasteiger partial charge >= 0.3 is 11.6 Å². The molecule has 1 unspecified atom stereocenters. The van der Waals surface area contributed by atoms with Gasteiger partial charge in [-0.05, 0) is 12.5 Å². The standard InChI is InChI=1S/C17H16N2O7/c1-8-7-11-13(17(21)25-8)12(14(15(18)26-11)16(20)24-2)9-3-5-10(6-4-9)19(22)23/h3-7,12,19,22H,18H2,1-2H3/t12-/m1/s1. The summed E-state index contributed by atoms with van der Waals surface area (Å²) in [6.45, 7) is 1.58. The molecule has 1 aromatic heterocycles. The van der Waals surface area contributed by atoms with E-state index in [4.69, 9.17) is 24.8 Å². The van der Waals surface area contributed by atoms with E-state index in [1.807, 2.05) is 0 Å². The number of carbonyl (C=O) groups excluding carboxylic acids is 1. The van der Waals surface area contributed by atoms with E-state index < -0.39 is 22.7 Å². The van der Waals surface area contributed by atoms with Crippen LogP contribution in [0.4, 0.5) is 5.69 Å². The fourth-order valence-corrected chi connectivity index (χ4v) is 2.88. The molecule has 1 aliphatic rings. The molecule has 1 aromatic carbocycles. The van der Waals surface area contributed by atoms with Crippen LogP contribution in [0.15, 0.2) is 51.0 Å². The smallest absolute Gasteiger partial charge is 0.343 e. The Morgan fingerprint density at radius 3 is 2.58 bits per heavy atom. The average Bonchev–Trinajstić information content (AvgIpc) is 2.59. The maximum Gasteiger partial charge on any atom is 0.343 e. The van der Waals surface area contributed by atoms with Gasteiger partial charge in [-0.1, -0.05) is 12.1 Å². The Bertz CT molecular complexity index is 945. The van der Waals surface area contributed by atoms with E-state index in [-0.39, 0.29) is 28.5 Å². The number of quaternary nitrogens is 1. The Morgan fingerprint density at radius 1 is 1.35 bits per heavy atom. The highest BCUT2D eigenvalue weighted by molar-refractivity contribution is 5.92. The molecule has 0 aliphatic carbocycles. The lowest BCUT2D eigenvalue weighted by Crippen LogP contribution is -2.99. The van der Waals surface area contributed by atoms with Gasteiger partial charge < -0.3 is 24.8 Å². The monoisotopic (exact) mass is 360 g/mol. The van der Waals surface area contributed by atoms with Crippen LogP contribution in [-0.4, -0.2) is 18.3 Å². The second kappa shape index (κ2) is 6.64. The molecule has 0 spiro atoms. The number of hydrogen-bond acceptors (Lipinski definition) is 8. The average molecular weight is 360 g/mol. The van der Waals surface area contributed by atoms with Gasteiger partial charge in [0.2, 0.25) is 5.88 Å². The molecular formula is C17H16N2O7. The molecule has 4 N–H and O–H groups in total. The largest absolute Gasteiger partial charge is 0.595 e. The summed E-state index contributed by atoms with van der Waals surface area (Å²) in [6.07, 6.45) is 0. The molecule has 2 aromatic rings. The summed E-state index contributed by atoms with van der Waals surface area (Å²) < 4.78 is 15.4. The van der Waals surface area contributed by atoms with Crippen LogP contribution >= 0.6 is 0 Å². The van der Waals surface area contributed by atoms with Crippen molar-refractivity contribution in [1.82, 2.24) is 0 Å². The summed E-state index contributed by atoms with van der Waals surface area (Å²) >= 11 is 0. The molecule has 0 amide bonds. The van der Waals surface area contributed by atoms with Crippen LogP contribution in [0.25, 0.3) is 0 Å². The van der Waals surface area contributed by atoms with E-state index in [9.17, 15) is 14.8 Å². The van der Waals surface area contributed by atoms with Gasteiger partial charge in [-0.15, -0.1) is 0 Å². The molecule has 9 heteroatoms. The summed E-state index contributed by atoms with van der Waals surface area (Å²) in [4.78, 5) is 24.7. The van der Waals surface area contributed by atoms with Crippen molar-refractivity contribution in [3.8, 4) is 5.75 Å². The highest BCUT2D eigenvalue weighted by Gasteiger charge is 2.38. The Labute approximate surface area is 147 Å². The summed E-state index contributed by atoms with van der Waals surface area (Å²) in [6, 6.07) is 7.23. The SMILES string of the molecule is COC(=O)C1=C(N)Oc2cc(C)oc(=O)c2[C@H]1c1ccc([NH+]([O-])O)cc1. The highest BCUT2D eigenvalue weighted by Crippen LogP contribution is 2.41. The lowest BCUT2D eigenvalue weighted by molar-refractivity contribution is -0.991. The number of nitrogens with two attached hydrogens (primary N) is 1. The summed E-state index contributed by atoms with van der Waals surface area (Å²) in [5, 5.41) is 19.0. The van der Waals surface area contributed by atoms with E-state index in [0.29, 0.717) is 11.3 Å². The first-order valence-electron chi connectivity index (χ1n) is 7.57. The summed E-state index contributed by atoms with van der Waals surface area (Å²) in [5.41, 5.74) is 5.80. The third-order valence-electron chi connectivity index (χ3n) is 4.03. The van der Waals surface area contributed by atoms with Gasteiger partial charge in [0, 0.05) is 18.2 Å². The highest BCUT2D eigenvalue weighted by atomic mass is 16.8. The topological polar surface area (TPSA) is 139 Å². The van der Waals surface area contributed by atoms with Gasteiger partial charge in [0.15, 0.2) is 5.69 Å². The van der Waals surface area contributed by atoms with Crippen molar-refractivity contribution < 1.29 is 29.1 Å². The third-order valence-corrected chi connectivity index (χ3v) is 4.03. The maximum atomic E-state index is 12.5. The summed E-state index contributed by atoms with van der Waals surface area (Å²) in [7, 11) is 1.18. The van der Waals surface area contributed by atoms with E-state index in [1.165, 1.54) is 37.4 Å². The normalized spacial score (nSPS) is 17.3. The fraction of sp³-hybridized carbons (Fsp3) is 0.176. The molecule has 0 saturated carbocycles. The van der Waals surface area contributed by atoms with Gasteiger partial charge in [-0.3, -0.25) is 0 Å². The second-order valence-corrected chi connectivity index (χ2v) is 5.65. The first kappa shape index (κ1) is 17.7. The van der Waals surface area contributed by atoms with E-state index >= 15 is 0 Å². The predicted octanol–water partition coefficient (Wildman–Crippen LogP) is 0.219. The number of esters is 1.